The van der Waals surface area contributed by atoms with Crippen LogP contribution in [0.15, 0.2) is 10.7 Å². The van der Waals surface area contributed by atoms with Crippen molar-refractivity contribution in [3.8, 4) is 0 Å². The number of nitrogens with zero attached hydrogens (tertiary/aromatic N) is 2. The molecule has 1 N–H and O–H groups in total. The molecule has 1 aliphatic rings. The number of aromatic nitrogens is 1. The average molecular weight is 210 g/mol. The van der Waals surface area contributed by atoms with Crippen molar-refractivity contribution in [2.24, 2.45) is 0 Å². The third-order valence-electron chi connectivity index (χ3n) is 2.76. The van der Waals surface area contributed by atoms with Gasteiger partial charge in [-0.25, -0.2) is 4.79 Å². The molecule has 1 aromatic heterocycles. The third kappa shape index (κ3) is 1.95. The van der Waals surface area contributed by atoms with E-state index in [2.05, 4.69) is 11.9 Å². The fourth-order valence-corrected chi connectivity index (χ4v) is 1.88. The summed E-state index contributed by atoms with van der Waals surface area (Å²) in [7, 11) is 0. The lowest BCUT2D eigenvalue weighted by atomic mass is 10.0. The molecule has 1 saturated heterocycles. The number of hydrogen-bond donors (Lipinski definition) is 1. The molecule has 5 heteroatoms. The maximum absolute atomic E-state index is 10.6. The predicted octanol–water partition coefficient (Wildman–Crippen LogP) is 1.75. The maximum Gasteiger partial charge on any atom is 0.357 e. The van der Waals surface area contributed by atoms with Crippen LogP contribution in [-0.4, -0.2) is 28.6 Å². The minimum Gasteiger partial charge on any atom is -0.476 e. The summed E-state index contributed by atoms with van der Waals surface area (Å²) in [4.78, 5) is 16.6. The largest absolute Gasteiger partial charge is 0.476 e. The summed E-state index contributed by atoms with van der Waals surface area (Å²) in [6.07, 6.45) is 4.61. The van der Waals surface area contributed by atoms with Crippen molar-refractivity contribution in [1.82, 2.24) is 4.98 Å². The van der Waals surface area contributed by atoms with Crippen molar-refractivity contribution < 1.29 is 14.3 Å². The molecule has 0 radical (unpaired) electrons. The van der Waals surface area contributed by atoms with Crippen LogP contribution in [0.1, 0.15) is 36.7 Å². The molecule has 2 rings (SSSR count). The Balaban J connectivity index is 2.17. The van der Waals surface area contributed by atoms with E-state index in [1.807, 2.05) is 4.90 Å². The molecule has 0 spiro atoms. The van der Waals surface area contributed by atoms with E-state index in [1.54, 1.807) is 0 Å². The molecule has 82 valence electrons. The van der Waals surface area contributed by atoms with Gasteiger partial charge in [0.2, 0.25) is 0 Å². The van der Waals surface area contributed by atoms with Crippen molar-refractivity contribution >= 4 is 12.0 Å². The van der Waals surface area contributed by atoms with Crippen LogP contribution in [0.5, 0.6) is 0 Å². The summed E-state index contributed by atoms with van der Waals surface area (Å²) < 4.78 is 5.17. The second-order valence-electron chi connectivity index (χ2n) is 3.86. The lowest BCUT2D eigenvalue weighted by molar-refractivity contribution is 0.0690. The van der Waals surface area contributed by atoms with Crippen LogP contribution < -0.4 is 4.90 Å². The number of rotatable bonds is 2. The van der Waals surface area contributed by atoms with Crippen LogP contribution in [-0.2, 0) is 0 Å². The smallest absolute Gasteiger partial charge is 0.357 e. The second kappa shape index (κ2) is 3.92. The molecule has 1 aromatic rings. The van der Waals surface area contributed by atoms with E-state index in [0.29, 0.717) is 12.1 Å². The molecule has 0 bridgehead atoms. The summed E-state index contributed by atoms with van der Waals surface area (Å²) in [6.45, 7) is 2.99. The second-order valence-corrected chi connectivity index (χ2v) is 3.86. The fourth-order valence-electron chi connectivity index (χ4n) is 1.88. The molecular weight excluding hydrogens is 196 g/mol. The molecule has 1 aliphatic heterocycles. The molecule has 5 nitrogen and oxygen atoms in total. The summed E-state index contributed by atoms with van der Waals surface area (Å²) in [5.41, 5.74) is -0.0252. The molecule has 0 saturated carbocycles. The van der Waals surface area contributed by atoms with E-state index in [4.69, 9.17) is 9.52 Å². The van der Waals surface area contributed by atoms with Gasteiger partial charge in [-0.2, -0.15) is 4.98 Å². The van der Waals surface area contributed by atoms with Crippen LogP contribution in [0.25, 0.3) is 0 Å². The normalized spacial score (nSPS) is 21.7. The Morgan fingerprint density at radius 3 is 3.07 bits per heavy atom. The Kier molecular flexibility index (Phi) is 2.62. The molecule has 0 aliphatic carbocycles. The van der Waals surface area contributed by atoms with E-state index in [0.717, 1.165) is 19.4 Å². The van der Waals surface area contributed by atoms with Crippen molar-refractivity contribution in [1.29, 1.82) is 0 Å². The highest BCUT2D eigenvalue weighted by Crippen LogP contribution is 2.23. The number of carboxylic acid groups (broad SMARTS) is 1. The van der Waals surface area contributed by atoms with E-state index in [1.165, 1.54) is 12.7 Å². The van der Waals surface area contributed by atoms with Gasteiger partial charge in [0.15, 0.2) is 5.69 Å². The number of anilines is 1. The van der Waals surface area contributed by atoms with Crippen LogP contribution in [0.4, 0.5) is 6.01 Å². The van der Waals surface area contributed by atoms with E-state index in [9.17, 15) is 4.79 Å². The zero-order chi connectivity index (χ0) is 10.8. The number of oxazole rings is 1. The SMILES string of the molecule is CC1CCCCN1c1nc(C(=O)O)co1. The van der Waals surface area contributed by atoms with Crippen LogP contribution in [0.2, 0.25) is 0 Å². The summed E-state index contributed by atoms with van der Waals surface area (Å²) in [6, 6.07) is 0.804. The summed E-state index contributed by atoms with van der Waals surface area (Å²) in [5, 5.41) is 8.72. The molecule has 15 heavy (non-hydrogen) atoms. The molecule has 0 amide bonds. The van der Waals surface area contributed by atoms with Gasteiger partial charge < -0.3 is 14.4 Å². The van der Waals surface area contributed by atoms with Crippen molar-refractivity contribution in [3.05, 3.63) is 12.0 Å². The van der Waals surface area contributed by atoms with Gasteiger partial charge in [-0.15, -0.1) is 0 Å². The van der Waals surface area contributed by atoms with Crippen LogP contribution >= 0.6 is 0 Å². The number of aromatic carboxylic acids is 1. The van der Waals surface area contributed by atoms with Gasteiger partial charge in [-0.3, -0.25) is 0 Å². The molecular formula is C10H14N2O3. The Morgan fingerprint density at radius 2 is 2.47 bits per heavy atom. The Morgan fingerprint density at radius 1 is 1.67 bits per heavy atom. The van der Waals surface area contributed by atoms with Gasteiger partial charge in [0.05, 0.1) is 0 Å². The van der Waals surface area contributed by atoms with Crippen molar-refractivity contribution in [2.45, 2.75) is 32.2 Å². The highest BCUT2D eigenvalue weighted by molar-refractivity contribution is 5.85. The quantitative estimate of drug-likeness (QED) is 0.805. The van der Waals surface area contributed by atoms with Crippen molar-refractivity contribution in [3.63, 3.8) is 0 Å². The van der Waals surface area contributed by atoms with Gasteiger partial charge >= 0.3 is 5.97 Å². The Hall–Kier alpha value is -1.52. The van der Waals surface area contributed by atoms with Crippen LogP contribution in [0.3, 0.4) is 0 Å². The molecule has 1 fully saturated rings. The monoisotopic (exact) mass is 210 g/mol. The minimum absolute atomic E-state index is 0.0252. The highest BCUT2D eigenvalue weighted by Gasteiger charge is 2.23. The molecule has 1 unspecified atom stereocenters. The highest BCUT2D eigenvalue weighted by atomic mass is 16.4. The first-order chi connectivity index (χ1) is 7.18. The molecule has 2 heterocycles. The standard InChI is InChI=1S/C10H14N2O3/c1-7-4-2-3-5-12(7)10-11-8(6-15-10)9(13)14/h6-7H,2-5H2,1H3,(H,13,14). The number of carbonyl (C=O) groups is 1. The molecule has 1 atom stereocenters. The topological polar surface area (TPSA) is 66.6 Å². The number of piperidine rings is 1. The third-order valence-corrected chi connectivity index (χ3v) is 2.76. The maximum atomic E-state index is 10.6. The predicted molar refractivity (Wildman–Crippen MR) is 54.1 cm³/mol. The first-order valence-corrected chi connectivity index (χ1v) is 5.14. The van der Waals surface area contributed by atoms with Crippen LogP contribution in [0, 0.1) is 0 Å². The van der Waals surface area contributed by atoms with E-state index >= 15 is 0 Å². The number of carboxylic acids is 1. The van der Waals surface area contributed by atoms with E-state index in [-0.39, 0.29) is 5.69 Å². The van der Waals surface area contributed by atoms with Gasteiger partial charge in [-0.1, -0.05) is 0 Å². The van der Waals surface area contributed by atoms with Gasteiger partial charge in [-0.05, 0) is 26.2 Å². The lowest BCUT2D eigenvalue weighted by Crippen LogP contribution is -2.37. The van der Waals surface area contributed by atoms with Gasteiger partial charge in [0, 0.05) is 12.6 Å². The lowest BCUT2D eigenvalue weighted by Gasteiger charge is -2.31. The Labute approximate surface area is 87.7 Å². The Bertz CT molecular complexity index is 361. The van der Waals surface area contributed by atoms with Gasteiger partial charge in [0.25, 0.3) is 6.01 Å². The summed E-state index contributed by atoms with van der Waals surface area (Å²) in [5.74, 6) is -1.05. The molecule has 0 aromatic carbocycles. The average Bonchev–Trinajstić information content (AvgIpc) is 2.67. The minimum atomic E-state index is -1.05. The first kappa shape index (κ1) is 10.0. The summed E-state index contributed by atoms with van der Waals surface area (Å²) >= 11 is 0. The van der Waals surface area contributed by atoms with E-state index < -0.39 is 5.97 Å². The fraction of sp³-hybridized carbons (Fsp3) is 0.600. The first-order valence-electron chi connectivity index (χ1n) is 5.14. The van der Waals surface area contributed by atoms with Crippen molar-refractivity contribution in [2.75, 3.05) is 11.4 Å². The number of hydrogen-bond acceptors (Lipinski definition) is 4. The zero-order valence-electron chi connectivity index (χ0n) is 8.64. The zero-order valence-corrected chi connectivity index (χ0v) is 8.64. The van der Waals surface area contributed by atoms with Gasteiger partial charge in [0.1, 0.15) is 6.26 Å².